The first kappa shape index (κ1) is 18.2. The highest BCUT2D eigenvalue weighted by Crippen LogP contribution is 2.36. The van der Waals surface area contributed by atoms with Crippen LogP contribution in [0.15, 0.2) is 103 Å². The van der Waals surface area contributed by atoms with E-state index >= 15 is 0 Å². The first-order valence-corrected chi connectivity index (χ1v) is 11.1. The van der Waals surface area contributed by atoms with Crippen molar-refractivity contribution in [1.82, 2.24) is 19.1 Å². The van der Waals surface area contributed by atoms with Gasteiger partial charge in [0.15, 0.2) is 0 Å². The number of hydrogen-bond acceptors (Lipinski definition) is 2. The van der Waals surface area contributed by atoms with Gasteiger partial charge in [-0.1, -0.05) is 48.5 Å². The van der Waals surface area contributed by atoms with E-state index in [1.54, 1.807) is 0 Å². The van der Waals surface area contributed by atoms with Crippen LogP contribution in [0.2, 0.25) is 0 Å². The van der Waals surface area contributed by atoms with Gasteiger partial charge in [0.05, 0.1) is 27.6 Å². The molecule has 0 atom stereocenters. The van der Waals surface area contributed by atoms with E-state index in [9.17, 15) is 0 Å². The lowest BCUT2D eigenvalue weighted by molar-refractivity contribution is 1.15. The molecule has 0 amide bonds. The Hall–Kier alpha value is -4.44. The highest BCUT2D eigenvalue weighted by atomic mass is 15.0. The Labute approximate surface area is 190 Å². The number of aryl methyl sites for hydroxylation is 1. The van der Waals surface area contributed by atoms with Crippen LogP contribution in [0.1, 0.15) is 5.56 Å². The molecular formula is C29H20N4. The summed E-state index contributed by atoms with van der Waals surface area (Å²) in [5.41, 5.74) is 10.7. The average Bonchev–Trinajstić information content (AvgIpc) is 3.35. The number of pyridine rings is 2. The fourth-order valence-electron chi connectivity index (χ4n) is 4.99. The molecule has 3 aromatic carbocycles. The van der Waals surface area contributed by atoms with E-state index in [4.69, 9.17) is 9.97 Å². The van der Waals surface area contributed by atoms with E-state index in [0.29, 0.717) is 0 Å². The number of para-hydroxylation sites is 2. The zero-order valence-electron chi connectivity index (χ0n) is 18.1. The molecule has 156 valence electrons. The highest BCUT2D eigenvalue weighted by Gasteiger charge is 2.19. The first-order chi connectivity index (χ1) is 16.3. The molecule has 7 aromatic rings. The molecule has 0 saturated carbocycles. The molecule has 0 bridgehead atoms. The molecular weight excluding hydrogens is 404 g/mol. The van der Waals surface area contributed by atoms with Gasteiger partial charge in [0.25, 0.3) is 0 Å². The van der Waals surface area contributed by atoms with Crippen LogP contribution in [0, 0.1) is 6.92 Å². The molecule has 0 fully saturated rings. The van der Waals surface area contributed by atoms with Crippen molar-refractivity contribution in [3.8, 4) is 11.4 Å². The van der Waals surface area contributed by atoms with Gasteiger partial charge < -0.3 is 9.13 Å². The molecule has 4 nitrogen and oxygen atoms in total. The SMILES string of the molecule is Cc1cccc(-n2c3ccccc3c3nc4c5ncccc5n(-c5ccccc5)c4cc32)c1. The van der Waals surface area contributed by atoms with Crippen LogP contribution in [0.5, 0.6) is 0 Å². The number of nitrogens with zero attached hydrogens (tertiary/aromatic N) is 4. The molecule has 33 heavy (non-hydrogen) atoms. The van der Waals surface area contributed by atoms with Gasteiger partial charge in [0, 0.05) is 23.0 Å². The second kappa shape index (κ2) is 6.78. The molecule has 0 unspecified atom stereocenters. The monoisotopic (exact) mass is 424 g/mol. The third-order valence-electron chi connectivity index (χ3n) is 6.39. The summed E-state index contributed by atoms with van der Waals surface area (Å²) in [6.07, 6.45) is 1.85. The van der Waals surface area contributed by atoms with Gasteiger partial charge in [-0.3, -0.25) is 4.98 Å². The lowest BCUT2D eigenvalue weighted by Gasteiger charge is -2.10. The van der Waals surface area contributed by atoms with Crippen LogP contribution in [0.3, 0.4) is 0 Å². The summed E-state index contributed by atoms with van der Waals surface area (Å²) >= 11 is 0. The molecule has 0 aliphatic rings. The van der Waals surface area contributed by atoms with E-state index in [2.05, 4.69) is 101 Å². The van der Waals surface area contributed by atoms with Crippen molar-refractivity contribution in [2.24, 2.45) is 0 Å². The average molecular weight is 425 g/mol. The Morgan fingerprint density at radius 3 is 2.15 bits per heavy atom. The van der Waals surface area contributed by atoms with Crippen LogP contribution >= 0.6 is 0 Å². The summed E-state index contributed by atoms with van der Waals surface area (Å²) < 4.78 is 4.59. The lowest BCUT2D eigenvalue weighted by Crippen LogP contribution is -1.96. The first-order valence-electron chi connectivity index (χ1n) is 11.1. The number of benzene rings is 3. The van der Waals surface area contributed by atoms with Gasteiger partial charge in [-0.05, 0) is 61.0 Å². The molecule has 0 aliphatic carbocycles. The second-order valence-electron chi connectivity index (χ2n) is 8.46. The molecule has 0 spiro atoms. The third kappa shape index (κ3) is 2.58. The molecule has 4 heterocycles. The molecule has 4 heteroatoms. The smallest absolute Gasteiger partial charge is 0.116 e. The van der Waals surface area contributed by atoms with E-state index in [1.807, 2.05) is 18.3 Å². The zero-order chi connectivity index (χ0) is 21.9. The fourth-order valence-corrected chi connectivity index (χ4v) is 4.99. The van der Waals surface area contributed by atoms with Crippen molar-refractivity contribution in [2.75, 3.05) is 0 Å². The molecule has 0 saturated heterocycles. The maximum atomic E-state index is 5.24. The van der Waals surface area contributed by atoms with Crippen LogP contribution in [-0.4, -0.2) is 19.1 Å². The normalized spacial score (nSPS) is 11.8. The van der Waals surface area contributed by atoms with Gasteiger partial charge in [0.1, 0.15) is 11.0 Å². The summed E-state index contributed by atoms with van der Waals surface area (Å²) in [6.45, 7) is 2.13. The standard InChI is InChI=1S/C29H20N4/c1-19-9-7-12-21(17-19)33-23-14-6-5-13-22(23)27-25(33)18-26-29(31-27)28-24(15-8-16-30-28)32(26)20-10-3-2-4-11-20/h2-18H,1H3. The number of aromatic nitrogens is 4. The Bertz CT molecular complexity index is 1820. The van der Waals surface area contributed by atoms with Gasteiger partial charge in [-0.2, -0.15) is 0 Å². The zero-order valence-corrected chi connectivity index (χ0v) is 18.1. The van der Waals surface area contributed by atoms with E-state index < -0.39 is 0 Å². The quantitative estimate of drug-likeness (QED) is 0.300. The summed E-state index contributed by atoms with van der Waals surface area (Å²) in [4.78, 5) is 9.97. The Kier molecular flexibility index (Phi) is 3.73. The van der Waals surface area contributed by atoms with Crippen LogP contribution in [0.4, 0.5) is 0 Å². The Balaban J connectivity index is 1.70. The van der Waals surface area contributed by atoms with Crippen molar-refractivity contribution >= 4 is 44.0 Å². The Morgan fingerprint density at radius 1 is 0.545 bits per heavy atom. The Morgan fingerprint density at radius 2 is 1.27 bits per heavy atom. The minimum atomic E-state index is 0.922. The molecule has 7 rings (SSSR count). The van der Waals surface area contributed by atoms with Gasteiger partial charge in [-0.15, -0.1) is 0 Å². The third-order valence-corrected chi connectivity index (χ3v) is 6.39. The molecule has 0 radical (unpaired) electrons. The van der Waals surface area contributed by atoms with Crippen LogP contribution in [-0.2, 0) is 0 Å². The predicted molar refractivity (Wildman–Crippen MR) is 135 cm³/mol. The van der Waals surface area contributed by atoms with Gasteiger partial charge in [0.2, 0.25) is 0 Å². The van der Waals surface area contributed by atoms with E-state index in [1.165, 1.54) is 5.56 Å². The van der Waals surface area contributed by atoms with Crippen molar-refractivity contribution in [2.45, 2.75) is 6.92 Å². The summed E-state index contributed by atoms with van der Waals surface area (Å²) in [5.74, 6) is 0. The summed E-state index contributed by atoms with van der Waals surface area (Å²) in [7, 11) is 0. The minimum absolute atomic E-state index is 0.922. The van der Waals surface area contributed by atoms with E-state index in [0.717, 1.165) is 55.4 Å². The van der Waals surface area contributed by atoms with Gasteiger partial charge >= 0.3 is 0 Å². The predicted octanol–water partition coefficient (Wildman–Crippen LogP) is 6.98. The molecule has 0 N–H and O–H groups in total. The molecule has 4 aromatic heterocycles. The summed E-state index contributed by atoms with van der Waals surface area (Å²) in [6, 6.07) is 34.0. The fraction of sp³-hybridized carbons (Fsp3) is 0.0345. The lowest BCUT2D eigenvalue weighted by atomic mass is 10.2. The minimum Gasteiger partial charge on any atom is -0.308 e. The maximum Gasteiger partial charge on any atom is 0.116 e. The largest absolute Gasteiger partial charge is 0.308 e. The second-order valence-corrected chi connectivity index (χ2v) is 8.46. The van der Waals surface area contributed by atoms with Crippen LogP contribution in [0.25, 0.3) is 55.4 Å². The molecule has 0 aliphatic heterocycles. The van der Waals surface area contributed by atoms with Crippen molar-refractivity contribution in [3.05, 3.63) is 109 Å². The summed E-state index contributed by atoms with van der Waals surface area (Å²) in [5, 5.41) is 1.15. The highest BCUT2D eigenvalue weighted by molar-refractivity contribution is 6.14. The number of rotatable bonds is 2. The van der Waals surface area contributed by atoms with E-state index in [-0.39, 0.29) is 0 Å². The van der Waals surface area contributed by atoms with Crippen molar-refractivity contribution in [3.63, 3.8) is 0 Å². The number of hydrogen-bond donors (Lipinski definition) is 0. The van der Waals surface area contributed by atoms with Crippen LogP contribution < -0.4 is 0 Å². The van der Waals surface area contributed by atoms with Gasteiger partial charge in [-0.25, -0.2) is 4.98 Å². The van der Waals surface area contributed by atoms with Crippen molar-refractivity contribution in [1.29, 1.82) is 0 Å². The van der Waals surface area contributed by atoms with Crippen molar-refractivity contribution < 1.29 is 0 Å². The maximum absolute atomic E-state index is 5.24. The topological polar surface area (TPSA) is 35.6 Å². The number of fused-ring (bicyclic) bond motifs is 6.